The molecule has 1 fully saturated rings. The number of carbonyl (C=O) groups excluding carboxylic acids is 1. The first-order valence-corrected chi connectivity index (χ1v) is 10.9. The topological polar surface area (TPSA) is 117 Å². The molecule has 0 saturated carbocycles. The second-order valence-electron chi connectivity index (χ2n) is 7.05. The van der Waals surface area contributed by atoms with E-state index in [9.17, 15) is 23.3 Å². The number of para-hydroxylation sites is 2. The van der Waals surface area contributed by atoms with E-state index < -0.39 is 20.6 Å². The van der Waals surface area contributed by atoms with Crippen LogP contribution in [0.15, 0.2) is 59.6 Å². The van der Waals surface area contributed by atoms with Gasteiger partial charge in [0.05, 0.1) is 11.3 Å². The number of rotatable bonds is 5. The lowest BCUT2D eigenvalue weighted by atomic mass is 10.1. The molecule has 1 amide bonds. The van der Waals surface area contributed by atoms with Gasteiger partial charge in [0.2, 0.25) is 15.9 Å². The van der Waals surface area contributed by atoms with Crippen LogP contribution < -0.4 is 0 Å². The molecule has 0 radical (unpaired) electrons. The maximum atomic E-state index is 12.9. The molecule has 1 aliphatic heterocycles. The predicted molar refractivity (Wildman–Crippen MR) is 110 cm³/mol. The van der Waals surface area contributed by atoms with Crippen molar-refractivity contribution in [3.63, 3.8) is 0 Å². The fourth-order valence-electron chi connectivity index (χ4n) is 3.70. The summed E-state index contributed by atoms with van der Waals surface area (Å²) < 4.78 is 27.0. The van der Waals surface area contributed by atoms with E-state index in [1.165, 1.54) is 28.6 Å². The van der Waals surface area contributed by atoms with Crippen molar-refractivity contribution in [2.45, 2.75) is 11.3 Å². The summed E-state index contributed by atoms with van der Waals surface area (Å²) in [5.74, 6) is -0.0810. The van der Waals surface area contributed by atoms with Gasteiger partial charge in [0.1, 0.15) is 0 Å². The van der Waals surface area contributed by atoms with Crippen molar-refractivity contribution in [2.24, 2.45) is 0 Å². The highest BCUT2D eigenvalue weighted by molar-refractivity contribution is 7.89. The van der Waals surface area contributed by atoms with E-state index in [-0.39, 0.29) is 43.4 Å². The van der Waals surface area contributed by atoms with Gasteiger partial charge in [-0.25, -0.2) is 8.42 Å². The monoisotopic (exact) mass is 428 g/mol. The fourth-order valence-corrected chi connectivity index (χ4v) is 5.28. The summed E-state index contributed by atoms with van der Waals surface area (Å²) >= 11 is 0. The van der Waals surface area contributed by atoms with Crippen molar-refractivity contribution in [3.05, 3.63) is 70.4 Å². The van der Waals surface area contributed by atoms with Crippen LogP contribution >= 0.6 is 0 Å². The lowest BCUT2D eigenvalue weighted by molar-refractivity contribution is -0.387. The maximum Gasteiger partial charge on any atom is 0.289 e. The second kappa shape index (κ2) is 7.88. The van der Waals surface area contributed by atoms with E-state index >= 15 is 0 Å². The number of nitro groups is 1. The Labute approximate surface area is 173 Å². The Balaban J connectivity index is 1.45. The van der Waals surface area contributed by atoms with Gasteiger partial charge < -0.3 is 9.88 Å². The van der Waals surface area contributed by atoms with Gasteiger partial charge in [0, 0.05) is 49.3 Å². The minimum absolute atomic E-state index is 0.0810. The van der Waals surface area contributed by atoms with Crippen LogP contribution in [0.25, 0.3) is 10.9 Å². The van der Waals surface area contributed by atoms with Crippen LogP contribution in [0.3, 0.4) is 0 Å². The summed E-state index contributed by atoms with van der Waals surface area (Å²) in [6, 6.07) is 13.0. The minimum Gasteiger partial charge on any atom is -0.361 e. The second-order valence-corrected chi connectivity index (χ2v) is 8.95. The first-order valence-electron chi connectivity index (χ1n) is 9.44. The molecule has 10 heteroatoms. The Morgan fingerprint density at radius 3 is 2.43 bits per heavy atom. The molecule has 2 aromatic carbocycles. The van der Waals surface area contributed by atoms with Crippen molar-refractivity contribution < 1.29 is 18.1 Å². The van der Waals surface area contributed by atoms with Crippen molar-refractivity contribution in [1.82, 2.24) is 14.2 Å². The van der Waals surface area contributed by atoms with E-state index in [2.05, 4.69) is 4.98 Å². The van der Waals surface area contributed by atoms with Gasteiger partial charge in [0.15, 0.2) is 4.90 Å². The van der Waals surface area contributed by atoms with Gasteiger partial charge in [-0.15, -0.1) is 0 Å². The molecule has 1 saturated heterocycles. The molecule has 0 aliphatic carbocycles. The number of sulfonamides is 1. The molecule has 1 aliphatic rings. The van der Waals surface area contributed by atoms with Crippen LogP contribution in [0.1, 0.15) is 5.56 Å². The highest BCUT2D eigenvalue weighted by atomic mass is 32.2. The number of aromatic amines is 1. The largest absolute Gasteiger partial charge is 0.361 e. The Morgan fingerprint density at radius 2 is 1.70 bits per heavy atom. The average Bonchev–Trinajstić information content (AvgIpc) is 3.16. The van der Waals surface area contributed by atoms with E-state index in [0.717, 1.165) is 16.5 Å². The summed E-state index contributed by atoms with van der Waals surface area (Å²) in [6.07, 6.45) is 2.04. The molecule has 1 N–H and O–H groups in total. The van der Waals surface area contributed by atoms with Gasteiger partial charge in [-0.2, -0.15) is 4.31 Å². The van der Waals surface area contributed by atoms with Crippen LogP contribution in [0.5, 0.6) is 0 Å². The van der Waals surface area contributed by atoms with Crippen LogP contribution in [0.4, 0.5) is 5.69 Å². The molecule has 1 aromatic heterocycles. The molecule has 30 heavy (non-hydrogen) atoms. The van der Waals surface area contributed by atoms with Crippen molar-refractivity contribution >= 4 is 32.5 Å². The minimum atomic E-state index is -4.02. The van der Waals surface area contributed by atoms with Crippen LogP contribution in [0, 0.1) is 10.1 Å². The molecule has 0 unspecified atom stereocenters. The molecule has 156 valence electrons. The number of hydrogen-bond acceptors (Lipinski definition) is 5. The number of amides is 1. The summed E-state index contributed by atoms with van der Waals surface area (Å²) in [5.41, 5.74) is 1.40. The highest BCUT2D eigenvalue weighted by Gasteiger charge is 2.34. The number of H-pyrrole nitrogens is 1. The molecule has 0 atom stereocenters. The fraction of sp³-hybridized carbons (Fsp3) is 0.250. The van der Waals surface area contributed by atoms with Crippen LogP contribution in [-0.4, -0.2) is 59.6 Å². The zero-order valence-electron chi connectivity index (χ0n) is 16.0. The zero-order valence-corrected chi connectivity index (χ0v) is 16.8. The van der Waals surface area contributed by atoms with E-state index in [1.54, 1.807) is 4.90 Å². The predicted octanol–water partition coefficient (Wildman–Crippen LogP) is 2.15. The SMILES string of the molecule is O=C(Cc1c[nH]c2ccccc12)N1CCN(S(=O)(=O)c2ccccc2[N+](=O)[O-])CC1. The van der Waals surface area contributed by atoms with Crippen LogP contribution in [-0.2, 0) is 21.2 Å². The summed E-state index contributed by atoms with van der Waals surface area (Å²) in [5, 5.41) is 12.2. The zero-order chi connectivity index (χ0) is 21.3. The number of aromatic nitrogens is 1. The third-order valence-corrected chi connectivity index (χ3v) is 7.23. The summed E-state index contributed by atoms with van der Waals surface area (Å²) in [4.78, 5) is 27.7. The van der Waals surface area contributed by atoms with Gasteiger partial charge >= 0.3 is 0 Å². The molecule has 3 aromatic rings. The van der Waals surface area contributed by atoms with E-state index in [1.807, 2.05) is 30.5 Å². The molecule has 9 nitrogen and oxygen atoms in total. The number of nitrogens with one attached hydrogen (secondary N) is 1. The molecular formula is C20H20N4O5S. The van der Waals surface area contributed by atoms with Gasteiger partial charge in [-0.05, 0) is 17.7 Å². The smallest absolute Gasteiger partial charge is 0.289 e. The Morgan fingerprint density at radius 1 is 1.03 bits per heavy atom. The van der Waals surface area contributed by atoms with E-state index in [4.69, 9.17) is 0 Å². The van der Waals surface area contributed by atoms with Crippen molar-refractivity contribution in [2.75, 3.05) is 26.2 Å². The number of nitrogens with zero attached hydrogens (tertiary/aromatic N) is 3. The first-order chi connectivity index (χ1) is 14.4. The molecule has 0 bridgehead atoms. The highest BCUT2D eigenvalue weighted by Crippen LogP contribution is 2.27. The van der Waals surface area contributed by atoms with Gasteiger partial charge in [-0.1, -0.05) is 30.3 Å². The summed E-state index contributed by atoms with van der Waals surface area (Å²) in [7, 11) is -4.02. The lowest BCUT2D eigenvalue weighted by Gasteiger charge is -2.34. The molecule has 4 rings (SSSR count). The number of hydrogen-bond donors (Lipinski definition) is 1. The first kappa shape index (κ1) is 20.0. The standard InChI is InChI=1S/C20H20N4O5S/c25-20(13-15-14-21-17-6-2-1-5-16(15)17)22-9-11-23(12-10-22)30(28,29)19-8-4-3-7-18(19)24(26)27/h1-8,14,21H,9-13H2. The number of benzene rings is 2. The third-order valence-electron chi connectivity index (χ3n) is 5.29. The number of nitro benzene ring substituents is 1. The molecule has 0 spiro atoms. The third kappa shape index (κ3) is 3.66. The molecular weight excluding hydrogens is 408 g/mol. The van der Waals surface area contributed by atoms with Crippen molar-refractivity contribution in [1.29, 1.82) is 0 Å². The lowest BCUT2D eigenvalue weighted by Crippen LogP contribution is -2.50. The van der Waals surface area contributed by atoms with Gasteiger partial charge in [0.25, 0.3) is 5.69 Å². The molecule has 2 heterocycles. The van der Waals surface area contributed by atoms with Crippen LogP contribution in [0.2, 0.25) is 0 Å². The van der Waals surface area contributed by atoms with Gasteiger partial charge in [-0.3, -0.25) is 14.9 Å². The average molecular weight is 428 g/mol. The van der Waals surface area contributed by atoms with E-state index in [0.29, 0.717) is 0 Å². The van der Waals surface area contributed by atoms with Crippen molar-refractivity contribution in [3.8, 4) is 0 Å². The Hall–Kier alpha value is -3.24. The number of carbonyl (C=O) groups is 1. The number of fused-ring (bicyclic) bond motifs is 1. The normalized spacial score (nSPS) is 15.4. The Bertz CT molecular complexity index is 1210. The number of piperazine rings is 1. The summed E-state index contributed by atoms with van der Waals surface area (Å²) in [6.45, 7) is 0.657. The Kier molecular flexibility index (Phi) is 5.27. The quantitative estimate of drug-likeness (QED) is 0.494. The maximum absolute atomic E-state index is 12.9.